The Hall–Kier alpha value is -1.33. The van der Waals surface area contributed by atoms with Gasteiger partial charge in [-0.05, 0) is 31.0 Å². The number of nitrogens with one attached hydrogen (secondary N) is 2. The van der Waals surface area contributed by atoms with Crippen LogP contribution in [0.25, 0.3) is 0 Å². The van der Waals surface area contributed by atoms with Gasteiger partial charge in [-0.25, -0.2) is 4.39 Å². The minimum atomic E-state index is -0.464. The fourth-order valence-corrected chi connectivity index (χ4v) is 2.84. The van der Waals surface area contributed by atoms with Gasteiger partial charge in [0.2, 0.25) is 0 Å². The molecule has 1 aromatic carbocycles. The third-order valence-corrected chi connectivity index (χ3v) is 4.11. The smallest absolute Gasteiger partial charge is 0.251 e. The number of carbonyl (C=O) groups is 1. The molecule has 0 saturated heterocycles. The van der Waals surface area contributed by atoms with E-state index < -0.39 is 5.82 Å². The third kappa shape index (κ3) is 6.36. The molecule has 0 atom stereocenters. The van der Waals surface area contributed by atoms with E-state index in [4.69, 9.17) is 4.74 Å². The molecule has 0 bridgehead atoms. The van der Waals surface area contributed by atoms with E-state index >= 15 is 0 Å². The van der Waals surface area contributed by atoms with Crippen LogP contribution in [0.15, 0.2) is 18.2 Å². The maximum atomic E-state index is 13.3. The van der Waals surface area contributed by atoms with Crippen molar-refractivity contribution in [1.82, 2.24) is 10.6 Å². The molecule has 23 heavy (non-hydrogen) atoms. The monoisotopic (exact) mass is 344 g/mol. The van der Waals surface area contributed by atoms with Crippen LogP contribution in [-0.2, 0) is 0 Å². The first-order valence-corrected chi connectivity index (χ1v) is 8.06. The minimum absolute atomic E-state index is 0. The number of amides is 1. The van der Waals surface area contributed by atoms with E-state index in [1.807, 2.05) is 0 Å². The lowest BCUT2D eigenvalue weighted by Crippen LogP contribution is -2.36. The number of hydrogen-bond donors (Lipinski definition) is 2. The molecule has 6 heteroatoms. The van der Waals surface area contributed by atoms with Crippen LogP contribution in [0.2, 0.25) is 0 Å². The van der Waals surface area contributed by atoms with Gasteiger partial charge in [0.05, 0.1) is 7.11 Å². The Kier molecular flexibility index (Phi) is 8.95. The Morgan fingerprint density at radius 3 is 2.57 bits per heavy atom. The molecule has 2 rings (SSSR count). The summed E-state index contributed by atoms with van der Waals surface area (Å²) in [6.45, 7) is 1.32. The molecule has 0 heterocycles. The summed E-state index contributed by atoms with van der Waals surface area (Å²) in [5.74, 6) is -0.584. The van der Waals surface area contributed by atoms with E-state index in [-0.39, 0.29) is 24.1 Å². The number of hydrogen-bond acceptors (Lipinski definition) is 3. The van der Waals surface area contributed by atoms with E-state index in [1.165, 1.54) is 63.8 Å². The maximum absolute atomic E-state index is 13.3. The first kappa shape index (κ1) is 19.7. The molecular weight excluding hydrogens is 319 g/mol. The summed E-state index contributed by atoms with van der Waals surface area (Å²) in [5, 5.41) is 6.35. The van der Waals surface area contributed by atoms with Gasteiger partial charge in [-0.15, -0.1) is 12.4 Å². The zero-order valence-corrected chi connectivity index (χ0v) is 14.4. The summed E-state index contributed by atoms with van der Waals surface area (Å²) < 4.78 is 18.2. The largest absolute Gasteiger partial charge is 0.494 e. The average Bonchev–Trinajstić information content (AvgIpc) is 2.80. The van der Waals surface area contributed by atoms with E-state index in [0.29, 0.717) is 18.2 Å². The molecule has 1 aliphatic carbocycles. The van der Waals surface area contributed by atoms with Crippen LogP contribution in [0.5, 0.6) is 5.75 Å². The Morgan fingerprint density at radius 2 is 1.91 bits per heavy atom. The van der Waals surface area contributed by atoms with E-state index in [9.17, 15) is 9.18 Å². The number of rotatable bonds is 6. The topological polar surface area (TPSA) is 50.4 Å². The van der Waals surface area contributed by atoms with Crippen molar-refractivity contribution in [3.63, 3.8) is 0 Å². The molecule has 4 nitrogen and oxygen atoms in total. The molecule has 1 aliphatic rings. The quantitative estimate of drug-likeness (QED) is 0.615. The molecule has 0 aliphatic heterocycles. The number of methoxy groups -OCH3 is 1. The molecular formula is C17H26ClFN2O2. The van der Waals surface area contributed by atoms with Crippen LogP contribution in [0.1, 0.15) is 48.9 Å². The van der Waals surface area contributed by atoms with Gasteiger partial charge >= 0.3 is 0 Å². The third-order valence-electron chi connectivity index (χ3n) is 4.11. The van der Waals surface area contributed by atoms with Crippen LogP contribution in [0, 0.1) is 5.82 Å². The van der Waals surface area contributed by atoms with Gasteiger partial charge in [0.25, 0.3) is 5.91 Å². The normalized spacial score (nSPS) is 15.4. The highest BCUT2D eigenvalue weighted by Gasteiger charge is 2.12. The SMILES string of the molecule is COc1cc(C(=O)NCCNC2CCCCCC2)ccc1F.Cl. The first-order valence-electron chi connectivity index (χ1n) is 8.06. The van der Waals surface area contributed by atoms with E-state index in [2.05, 4.69) is 10.6 Å². The lowest BCUT2D eigenvalue weighted by molar-refractivity contribution is 0.0953. The van der Waals surface area contributed by atoms with Crippen molar-refractivity contribution in [2.24, 2.45) is 0 Å². The van der Waals surface area contributed by atoms with Gasteiger partial charge in [-0.3, -0.25) is 4.79 Å². The molecule has 130 valence electrons. The summed E-state index contributed by atoms with van der Waals surface area (Å²) in [5.41, 5.74) is 0.410. The predicted molar refractivity (Wildman–Crippen MR) is 92.0 cm³/mol. The zero-order chi connectivity index (χ0) is 15.8. The Labute approximate surface area is 143 Å². The molecule has 1 saturated carbocycles. The maximum Gasteiger partial charge on any atom is 0.251 e. The van der Waals surface area contributed by atoms with Gasteiger partial charge in [0, 0.05) is 24.7 Å². The highest BCUT2D eigenvalue weighted by Crippen LogP contribution is 2.18. The number of halogens is 2. The minimum Gasteiger partial charge on any atom is -0.494 e. The summed E-state index contributed by atoms with van der Waals surface area (Å²) >= 11 is 0. The highest BCUT2D eigenvalue weighted by atomic mass is 35.5. The van der Waals surface area contributed by atoms with Crippen LogP contribution in [0.4, 0.5) is 4.39 Å². The van der Waals surface area contributed by atoms with Crippen molar-refractivity contribution in [3.8, 4) is 5.75 Å². The number of ether oxygens (including phenoxy) is 1. The summed E-state index contributed by atoms with van der Waals surface area (Å²) in [4.78, 5) is 12.0. The first-order chi connectivity index (χ1) is 10.7. The predicted octanol–water partition coefficient (Wildman–Crippen LogP) is 3.30. The van der Waals surface area contributed by atoms with Crippen molar-refractivity contribution >= 4 is 18.3 Å². The van der Waals surface area contributed by atoms with Gasteiger partial charge in [0.15, 0.2) is 11.6 Å². The van der Waals surface area contributed by atoms with Crippen LogP contribution < -0.4 is 15.4 Å². The number of carbonyl (C=O) groups excluding carboxylic acids is 1. The average molecular weight is 345 g/mol. The summed E-state index contributed by atoms with van der Waals surface area (Å²) in [6.07, 6.45) is 7.70. The van der Waals surface area contributed by atoms with E-state index in [1.54, 1.807) is 0 Å². The van der Waals surface area contributed by atoms with Crippen molar-refractivity contribution in [3.05, 3.63) is 29.6 Å². The van der Waals surface area contributed by atoms with E-state index in [0.717, 1.165) is 6.54 Å². The second kappa shape index (κ2) is 10.4. The molecule has 0 unspecified atom stereocenters. The van der Waals surface area contributed by atoms with Crippen LogP contribution >= 0.6 is 12.4 Å². The summed E-state index contributed by atoms with van der Waals surface area (Å²) in [7, 11) is 1.39. The second-order valence-corrected chi connectivity index (χ2v) is 5.75. The fraction of sp³-hybridized carbons (Fsp3) is 0.588. The van der Waals surface area contributed by atoms with Crippen molar-refractivity contribution in [1.29, 1.82) is 0 Å². The van der Waals surface area contributed by atoms with Crippen LogP contribution in [-0.4, -0.2) is 32.1 Å². The standard InChI is InChI=1S/C17H25FN2O2.ClH/c1-22-16-12-13(8-9-15(16)18)17(21)20-11-10-19-14-6-4-2-3-5-7-14;/h8-9,12,14,19H,2-7,10-11H2,1H3,(H,20,21);1H. The lowest BCUT2D eigenvalue weighted by Gasteiger charge is -2.16. The Bertz CT molecular complexity index is 491. The van der Waals surface area contributed by atoms with Gasteiger partial charge in [-0.1, -0.05) is 25.7 Å². The highest BCUT2D eigenvalue weighted by molar-refractivity contribution is 5.94. The van der Waals surface area contributed by atoms with Gasteiger partial charge in [0.1, 0.15) is 0 Å². The molecule has 0 aromatic heterocycles. The molecule has 1 aromatic rings. The Morgan fingerprint density at radius 1 is 1.22 bits per heavy atom. The summed E-state index contributed by atoms with van der Waals surface area (Å²) in [6, 6.07) is 4.71. The van der Waals surface area contributed by atoms with Gasteiger partial charge in [-0.2, -0.15) is 0 Å². The van der Waals surface area contributed by atoms with Crippen molar-refractivity contribution < 1.29 is 13.9 Å². The Balaban J connectivity index is 0.00000264. The lowest BCUT2D eigenvalue weighted by atomic mass is 10.1. The number of benzene rings is 1. The molecule has 2 N–H and O–H groups in total. The van der Waals surface area contributed by atoms with Crippen molar-refractivity contribution in [2.75, 3.05) is 20.2 Å². The van der Waals surface area contributed by atoms with Crippen LogP contribution in [0.3, 0.4) is 0 Å². The molecule has 1 fully saturated rings. The van der Waals surface area contributed by atoms with Gasteiger partial charge < -0.3 is 15.4 Å². The second-order valence-electron chi connectivity index (χ2n) is 5.75. The molecule has 0 radical (unpaired) electrons. The molecule has 0 spiro atoms. The zero-order valence-electron chi connectivity index (χ0n) is 13.6. The fourth-order valence-electron chi connectivity index (χ4n) is 2.84. The van der Waals surface area contributed by atoms with Crippen molar-refractivity contribution in [2.45, 2.75) is 44.6 Å². The molecule has 1 amide bonds.